The van der Waals surface area contributed by atoms with Crippen molar-refractivity contribution in [2.45, 2.75) is 20.4 Å². The van der Waals surface area contributed by atoms with Gasteiger partial charge in [-0.15, -0.1) is 11.3 Å². The first-order valence-electron chi connectivity index (χ1n) is 5.22. The van der Waals surface area contributed by atoms with Crippen LogP contribution in [0.3, 0.4) is 0 Å². The lowest BCUT2D eigenvalue weighted by atomic mass is 10.1. The first-order chi connectivity index (χ1) is 8.32. The second-order valence-electron chi connectivity index (χ2n) is 3.98. The molecular weight excluding hydrogens is 318 g/mol. The molecule has 0 atom stereocenters. The molecule has 0 fully saturated rings. The number of rotatable bonds is 4. The van der Waals surface area contributed by atoms with Crippen molar-refractivity contribution in [1.29, 1.82) is 0 Å². The van der Waals surface area contributed by atoms with Crippen molar-refractivity contribution in [3.63, 3.8) is 0 Å². The number of nitrogens with zero attached hydrogens (tertiary/aromatic N) is 1. The van der Waals surface area contributed by atoms with Crippen LogP contribution in [0.25, 0.3) is 0 Å². The molecule has 0 aromatic carbocycles. The lowest BCUT2D eigenvalue weighted by Crippen LogP contribution is -2.27. The van der Waals surface area contributed by atoms with Gasteiger partial charge in [-0.3, -0.25) is 4.79 Å². The zero-order valence-corrected chi connectivity index (χ0v) is 12.8. The van der Waals surface area contributed by atoms with E-state index in [1.54, 1.807) is 18.4 Å². The Morgan fingerprint density at radius 1 is 1.39 bits per heavy atom. The van der Waals surface area contributed by atoms with E-state index in [1.165, 1.54) is 18.7 Å². The molecule has 1 rings (SSSR count). The second-order valence-corrected chi connectivity index (χ2v) is 6.27. The highest BCUT2D eigenvalue weighted by Crippen LogP contribution is 2.22. The fourth-order valence-electron chi connectivity index (χ4n) is 1.38. The molecule has 0 saturated carbocycles. The normalized spacial score (nSPS) is 12.0. The largest absolute Gasteiger partial charge is 0.478 e. The highest BCUT2D eigenvalue weighted by atomic mass is 79.9. The highest BCUT2D eigenvalue weighted by molar-refractivity contribution is 9.11. The Bertz CT molecular complexity index is 507. The van der Waals surface area contributed by atoms with Crippen LogP contribution < -0.4 is 0 Å². The molecule has 18 heavy (non-hydrogen) atoms. The van der Waals surface area contributed by atoms with Crippen LogP contribution in [-0.4, -0.2) is 28.9 Å². The van der Waals surface area contributed by atoms with Crippen molar-refractivity contribution in [3.05, 3.63) is 31.9 Å². The van der Waals surface area contributed by atoms with Gasteiger partial charge in [-0.1, -0.05) is 0 Å². The third-order valence-corrected chi connectivity index (χ3v) is 4.15. The van der Waals surface area contributed by atoms with Crippen molar-refractivity contribution in [3.8, 4) is 0 Å². The number of amides is 1. The minimum absolute atomic E-state index is 0.0818. The van der Waals surface area contributed by atoms with Crippen molar-refractivity contribution >= 4 is 39.1 Å². The van der Waals surface area contributed by atoms with Gasteiger partial charge in [-0.25, -0.2) is 4.79 Å². The summed E-state index contributed by atoms with van der Waals surface area (Å²) < 4.78 is 1.01. The van der Waals surface area contributed by atoms with Gasteiger partial charge in [0, 0.05) is 24.7 Å². The maximum Gasteiger partial charge on any atom is 0.331 e. The zero-order chi connectivity index (χ0) is 13.9. The number of thiophene rings is 1. The van der Waals surface area contributed by atoms with Gasteiger partial charge in [0.1, 0.15) is 0 Å². The van der Waals surface area contributed by atoms with E-state index >= 15 is 0 Å². The van der Waals surface area contributed by atoms with E-state index in [9.17, 15) is 9.59 Å². The van der Waals surface area contributed by atoms with Crippen LogP contribution in [0.1, 0.15) is 19.4 Å². The molecule has 1 N–H and O–H groups in total. The SMILES string of the molecule is CC(C(=O)O)=C(C)C(=O)N(C)Cc1csc(Br)c1. The molecule has 0 aliphatic carbocycles. The van der Waals surface area contributed by atoms with E-state index in [0.717, 1.165) is 9.35 Å². The summed E-state index contributed by atoms with van der Waals surface area (Å²) in [4.78, 5) is 24.3. The van der Waals surface area contributed by atoms with Crippen molar-refractivity contribution in [2.24, 2.45) is 0 Å². The predicted molar refractivity (Wildman–Crippen MR) is 74.5 cm³/mol. The van der Waals surface area contributed by atoms with Gasteiger partial charge in [0.15, 0.2) is 0 Å². The number of hydrogen-bond acceptors (Lipinski definition) is 3. The Balaban J connectivity index is 2.79. The van der Waals surface area contributed by atoms with E-state index in [4.69, 9.17) is 5.11 Å². The molecular formula is C12H14BrNO3S. The molecule has 0 aliphatic rings. The first kappa shape index (κ1) is 14.9. The summed E-state index contributed by atoms with van der Waals surface area (Å²) >= 11 is 4.91. The Hall–Kier alpha value is -1.14. The van der Waals surface area contributed by atoms with E-state index in [1.807, 2.05) is 11.4 Å². The molecule has 4 nitrogen and oxygen atoms in total. The van der Waals surface area contributed by atoms with Gasteiger partial charge in [-0.05, 0) is 46.8 Å². The standard InChI is InChI=1S/C12H14BrNO3S/c1-7(8(2)12(16)17)11(15)14(3)5-9-4-10(13)18-6-9/h4,6H,5H2,1-3H3,(H,16,17). The lowest BCUT2D eigenvalue weighted by Gasteiger charge is -2.17. The minimum atomic E-state index is -1.06. The van der Waals surface area contributed by atoms with Gasteiger partial charge in [0.05, 0.1) is 3.79 Å². The van der Waals surface area contributed by atoms with Crippen LogP contribution in [0, 0.1) is 0 Å². The van der Waals surface area contributed by atoms with Crippen molar-refractivity contribution < 1.29 is 14.7 Å². The Morgan fingerprint density at radius 2 is 2.00 bits per heavy atom. The van der Waals surface area contributed by atoms with Crippen LogP contribution in [0.4, 0.5) is 0 Å². The fourth-order valence-corrected chi connectivity index (χ4v) is 2.58. The summed E-state index contributed by atoms with van der Waals surface area (Å²) in [5.41, 5.74) is 1.36. The number of carbonyl (C=O) groups excluding carboxylic acids is 1. The molecule has 0 spiro atoms. The first-order valence-corrected chi connectivity index (χ1v) is 6.89. The third-order valence-electron chi connectivity index (χ3n) is 2.59. The Morgan fingerprint density at radius 3 is 2.44 bits per heavy atom. The zero-order valence-electron chi connectivity index (χ0n) is 10.4. The predicted octanol–water partition coefficient (Wildman–Crippen LogP) is 2.89. The maximum atomic E-state index is 12.0. The lowest BCUT2D eigenvalue weighted by molar-refractivity contribution is -0.133. The Kier molecular flexibility index (Phi) is 5.10. The average molecular weight is 332 g/mol. The average Bonchev–Trinajstić information content (AvgIpc) is 2.71. The van der Waals surface area contributed by atoms with E-state index in [-0.39, 0.29) is 17.1 Å². The quantitative estimate of drug-likeness (QED) is 0.863. The molecule has 1 aromatic heterocycles. The van der Waals surface area contributed by atoms with Gasteiger partial charge in [-0.2, -0.15) is 0 Å². The molecule has 0 radical (unpaired) electrons. The summed E-state index contributed by atoms with van der Waals surface area (Å²) in [5.74, 6) is -1.33. The van der Waals surface area contributed by atoms with Crippen LogP contribution in [0.5, 0.6) is 0 Å². The maximum absolute atomic E-state index is 12.0. The summed E-state index contributed by atoms with van der Waals surface area (Å²) in [6.45, 7) is 3.43. The smallest absolute Gasteiger partial charge is 0.331 e. The number of carbonyl (C=O) groups is 2. The molecule has 0 bridgehead atoms. The van der Waals surface area contributed by atoms with Gasteiger partial charge in [0.2, 0.25) is 5.91 Å². The van der Waals surface area contributed by atoms with Crippen LogP contribution in [0.2, 0.25) is 0 Å². The van der Waals surface area contributed by atoms with E-state index < -0.39 is 5.97 Å². The number of aliphatic carboxylic acids is 1. The molecule has 0 aliphatic heterocycles. The van der Waals surface area contributed by atoms with Gasteiger partial charge in [0.25, 0.3) is 0 Å². The number of carboxylic acids is 1. The second kappa shape index (κ2) is 6.15. The van der Waals surface area contributed by atoms with E-state index in [2.05, 4.69) is 15.9 Å². The van der Waals surface area contributed by atoms with Crippen LogP contribution >= 0.6 is 27.3 Å². The minimum Gasteiger partial charge on any atom is -0.478 e. The molecule has 6 heteroatoms. The summed E-state index contributed by atoms with van der Waals surface area (Å²) in [6.07, 6.45) is 0. The number of likely N-dealkylation sites (N-methyl/N-ethyl adjacent to an activating group) is 1. The van der Waals surface area contributed by atoms with Gasteiger partial charge >= 0.3 is 5.97 Å². The number of hydrogen-bond donors (Lipinski definition) is 1. The van der Waals surface area contributed by atoms with Gasteiger partial charge < -0.3 is 10.0 Å². The topological polar surface area (TPSA) is 57.6 Å². The molecule has 0 unspecified atom stereocenters. The molecule has 1 heterocycles. The van der Waals surface area contributed by atoms with Crippen molar-refractivity contribution in [2.75, 3.05) is 7.05 Å². The number of halogens is 1. The summed E-state index contributed by atoms with van der Waals surface area (Å²) in [6, 6.07) is 1.94. The molecule has 0 saturated heterocycles. The summed E-state index contributed by atoms with van der Waals surface area (Å²) in [5, 5.41) is 10.8. The van der Waals surface area contributed by atoms with E-state index in [0.29, 0.717) is 6.54 Å². The molecule has 98 valence electrons. The molecule has 1 amide bonds. The monoisotopic (exact) mass is 331 g/mol. The van der Waals surface area contributed by atoms with Crippen molar-refractivity contribution in [1.82, 2.24) is 4.90 Å². The third kappa shape index (κ3) is 3.68. The van der Waals surface area contributed by atoms with Crippen LogP contribution in [0.15, 0.2) is 26.4 Å². The fraction of sp³-hybridized carbons (Fsp3) is 0.333. The highest BCUT2D eigenvalue weighted by Gasteiger charge is 2.17. The van der Waals surface area contributed by atoms with Crippen LogP contribution in [-0.2, 0) is 16.1 Å². The summed E-state index contributed by atoms with van der Waals surface area (Å²) in [7, 11) is 1.66. The Labute approximate surface area is 118 Å². The molecule has 1 aromatic rings. The number of carboxylic acid groups (broad SMARTS) is 1.